The summed E-state index contributed by atoms with van der Waals surface area (Å²) in [5.41, 5.74) is 6.80. The predicted octanol–water partition coefficient (Wildman–Crippen LogP) is 0.949. The summed E-state index contributed by atoms with van der Waals surface area (Å²) in [5, 5.41) is 0. The first kappa shape index (κ1) is 12.5. The fourth-order valence-corrected chi connectivity index (χ4v) is 3.99. The van der Waals surface area contributed by atoms with Gasteiger partial charge >= 0.3 is 0 Å². The van der Waals surface area contributed by atoms with Crippen LogP contribution in [0.3, 0.4) is 0 Å². The van der Waals surface area contributed by atoms with Crippen LogP contribution in [0.4, 0.5) is 0 Å². The van der Waals surface area contributed by atoms with Gasteiger partial charge in [-0.05, 0) is 30.9 Å². The summed E-state index contributed by atoms with van der Waals surface area (Å²) in [6.45, 7) is 0.529. The second-order valence-electron chi connectivity index (χ2n) is 4.59. The maximum atomic E-state index is 11.4. The van der Waals surface area contributed by atoms with Gasteiger partial charge in [-0.1, -0.05) is 6.07 Å². The van der Waals surface area contributed by atoms with E-state index in [-0.39, 0.29) is 5.92 Å². The molecule has 2 rings (SSSR count). The summed E-state index contributed by atoms with van der Waals surface area (Å²) in [7, 11) is -2.80. The number of aromatic nitrogens is 1. The van der Waals surface area contributed by atoms with Crippen molar-refractivity contribution >= 4 is 9.84 Å². The summed E-state index contributed by atoms with van der Waals surface area (Å²) in [6.07, 6.45) is 3.18. The van der Waals surface area contributed by atoms with Crippen molar-refractivity contribution in [3.63, 3.8) is 0 Å². The standard InChI is InChI=1S/C12H18N2O2S/c13-9-11(12-3-1-2-6-14-12)10-4-7-17(15,16)8-5-10/h1-3,6,10-11H,4-5,7-9,13H2. The normalized spacial score (nSPS) is 22.2. The highest BCUT2D eigenvalue weighted by Crippen LogP contribution is 2.31. The van der Waals surface area contributed by atoms with Crippen LogP contribution in [0.2, 0.25) is 0 Å². The number of sulfone groups is 1. The van der Waals surface area contributed by atoms with Gasteiger partial charge in [0.25, 0.3) is 0 Å². The minimum atomic E-state index is -2.80. The molecule has 1 aromatic rings. The van der Waals surface area contributed by atoms with E-state index in [1.165, 1.54) is 0 Å². The number of nitrogens with two attached hydrogens (primary N) is 1. The maximum absolute atomic E-state index is 11.4. The van der Waals surface area contributed by atoms with Crippen molar-refractivity contribution in [2.45, 2.75) is 18.8 Å². The van der Waals surface area contributed by atoms with Crippen LogP contribution >= 0.6 is 0 Å². The molecule has 5 heteroatoms. The van der Waals surface area contributed by atoms with Gasteiger partial charge in [0, 0.05) is 24.4 Å². The zero-order valence-electron chi connectivity index (χ0n) is 9.75. The lowest BCUT2D eigenvalue weighted by atomic mass is 9.85. The highest BCUT2D eigenvalue weighted by atomic mass is 32.2. The van der Waals surface area contributed by atoms with Gasteiger partial charge in [-0.3, -0.25) is 4.98 Å². The third-order valence-corrected chi connectivity index (χ3v) is 5.21. The van der Waals surface area contributed by atoms with Crippen LogP contribution in [-0.2, 0) is 9.84 Å². The van der Waals surface area contributed by atoms with Gasteiger partial charge in [0.1, 0.15) is 9.84 Å². The lowest BCUT2D eigenvalue weighted by molar-refractivity contribution is 0.383. The largest absolute Gasteiger partial charge is 0.330 e. The van der Waals surface area contributed by atoms with Crippen molar-refractivity contribution < 1.29 is 8.42 Å². The molecular formula is C12H18N2O2S. The molecule has 0 saturated carbocycles. The first-order valence-corrected chi connectivity index (χ1v) is 7.76. The molecular weight excluding hydrogens is 236 g/mol. The molecule has 1 aromatic heterocycles. The Hall–Kier alpha value is -0.940. The second-order valence-corrected chi connectivity index (χ2v) is 6.89. The number of nitrogens with zero attached hydrogens (tertiary/aromatic N) is 1. The van der Waals surface area contributed by atoms with Crippen LogP contribution in [0.25, 0.3) is 0 Å². The molecule has 94 valence electrons. The Morgan fingerprint density at radius 1 is 1.35 bits per heavy atom. The van der Waals surface area contributed by atoms with Crippen molar-refractivity contribution in [2.24, 2.45) is 11.7 Å². The van der Waals surface area contributed by atoms with Crippen LogP contribution in [0.5, 0.6) is 0 Å². The van der Waals surface area contributed by atoms with E-state index < -0.39 is 9.84 Å². The van der Waals surface area contributed by atoms with Gasteiger partial charge in [0.05, 0.1) is 11.5 Å². The zero-order chi connectivity index (χ0) is 12.3. The quantitative estimate of drug-likeness (QED) is 0.871. The molecule has 1 aliphatic heterocycles. The Bertz CT molecular complexity index is 445. The highest BCUT2D eigenvalue weighted by Gasteiger charge is 2.30. The first-order valence-electron chi connectivity index (χ1n) is 5.94. The Morgan fingerprint density at radius 2 is 2.06 bits per heavy atom. The SMILES string of the molecule is NCC(c1ccccn1)C1CCS(=O)(=O)CC1. The number of pyridine rings is 1. The van der Waals surface area contributed by atoms with Crippen molar-refractivity contribution in [2.75, 3.05) is 18.1 Å². The monoisotopic (exact) mass is 254 g/mol. The van der Waals surface area contributed by atoms with Gasteiger partial charge in [-0.25, -0.2) is 8.42 Å². The van der Waals surface area contributed by atoms with Crippen molar-refractivity contribution in [1.82, 2.24) is 4.98 Å². The molecule has 4 nitrogen and oxygen atoms in total. The third kappa shape index (κ3) is 3.04. The molecule has 1 aliphatic rings. The smallest absolute Gasteiger partial charge is 0.150 e. The van der Waals surface area contributed by atoms with Gasteiger partial charge < -0.3 is 5.73 Å². The second kappa shape index (κ2) is 5.14. The zero-order valence-corrected chi connectivity index (χ0v) is 10.6. The fraction of sp³-hybridized carbons (Fsp3) is 0.583. The van der Waals surface area contributed by atoms with E-state index in [1.54, 1.807) is 6.20 Å². The van der Waals surface area contributed by atoms with Gasteiger partial charge in [-0.2, -0.15) is 0 Å². The van der Waals surface area contributed by atoms with Crippen molar-refractivity contribution in [3.05, 3.63) is 30.1 Å². The van der Waals surface area contributed by atoms with E-state index in [9.17, 15) is 8.42 Å². The first-order chi connectivity index (χ1) is 8.12. The Balaban J connectivity index is 2.11. The average molecular weight is 254 g/mol. The molecule has 1 saturated heterocycles. The van der Waals surface area contributed by atoms with Crippen molar-refractivity contribution in [3.8, 4) is 0 Å². The minimum absolute atomic E-state index is 0.187. The van der Waals surface area contributed by atoms with E-state index in [0.717, 1.165) is 5.69 Å². The topological polar surface area (TPSA) is 73.0 Å². The number of hydrogen-bond acceptors (Lipinski definition) is 4. The molecule has 0 radical (unpaired) electrons. The van der Waals surface area contributed by atoms with Crippen LogP contribution in [0, 0.1) is 5.92 Å². The van der Waals surface area contributed by atoms with Gasteiger partial charge in [0.2, 0.25) is 0 Å². The van der Waals surface area contributed by atoms with Crippen LogP contribution in [0.1, 0.15) is 24.5 Å². The summed E-state index contributed by atoms with van der Waals surface area (Å²) in [6, 6.07) is 5.80. The molecule has 2 N–H and O–H groups in total. The summed E-state index contributed by atoms with van der Waals surface area (Å²) in [4.78, 5) is 4.33. The molecule has 1 fully saturated rings. The third-order valence-electron chi connectivity index (χ3n) is 3.49. The van der Waals surface area contributed by atoms with Gasteiger partial charge in [-0.15, -0.1) is 0 Å². The molecule has 1 atom stereocenters. The molecule has 17 heavy (non-hydrogen) atoms. The minimum Gasteiger partial charge on any atom is -0.330 e. The van der Waals surface area contributed by atoms with Gasteiger partial charge in [0.15, 0.2) is 0 Å². The fourth-order valence-electron chi connectivity index (χ4n) is 2.46. The number of hydrogen-bond donors (Lipinski definition) is 1. The molecule has 0 bridgehead atoms. The Labute approximate surface area is 102 Å². The summed E-state index contributed by atoms with van der Waals surface area (Å²) in [5.74, 6) is 1.12. The predicted molar refractivity (Wildman–Crippen MR) is 67.4 cm³/mol. The molecule has 0 aliphatic carbocycles. The van der Waals surface area contributed by atoms with Crippen LogP contribution in [-0.4, -0.2) is 31.5 Å². The van der Waals surface area contributed by atoms with E-state index in [2.05, 4.69) is 4.98 Å². The van der Waals surface area contributed by atoms with Crippen LogP contribution in [0.15, 0.2) is 24.4 Å². The molecule has 2 heterocycles. The highest BCUT2D eigenvalue weighted by molar-refractivity contribution is 7.91. The van der Waals surface area contributed by atoms with E-state index in [4.69, 9.17) is 5.73 Å². The number of rotatable bonds is 3. The van der Waals surface area contributed by atoms with E-state index >= 15 is 0 Å². The molecule has 0 amide bonds. The maximum Gasteiger partial charge on any atom is 0.150 e. The van der Waals surface area contributed by atoms with E-state index in [1.807, 2.05) is 18.2 Å². The van der Waals surface area contributed by atoms with E-state index in [0.29, 0.717) is 36.8 Å². The van der Waals surface area contributed by atoms with Crippen molar-refractivity contribution in [1.29, 1.82) is 0 Å². The molecule has 0 aromatic carbocycles. The summed E-state index contributed by atoms with van der Waals surface area (Å²) < 4.78 is 22.8. The lowest BCUT2D eigenvalue weighted by Gasteiger charge is -2.28. The summed E-state index contributed by atoms with van der Waals surface area (Å²) >= 11 is 0. The lowest BCUT2D eigenvalue weighted by Crippen LogP contribution is -2.30. The Kier molecular flexibility index (Phi) is 3.79. The van der Waals surface area contributed by atoms with Crippen LogP contribution < -0.4 is 5.73 Å². The Morgan fingerprint density at radius 3 is 2.59 bits per heavy atom. The molecule has 0 spiro atoms. The average Bonchev–Trinajstić information content (AvgIpc) is 2.33. The molecule has 1 unspecified atom stereocenters.